The van der Waals surface area contributed by atoms with Crippen molar-refractivity contribution >= 4 is 20.2 Å². The van der Waals surface area contributed by atoms with Gasteiger partial charge >= 0.3 is 128 Å². The van der Waals surface area contributed by atoms with Crippen molar-refractivity contribution in [2.45, 2.75) is 95.3 Å². The first-order valence-corrected chi connectivity index (χ1v) is 12.8. The summed E-state index contributed by atoms with van der Waals surface area (Å²) in [5.74, 6) is 0. The molecule has 0 aliphatic heterocycles. The van der Waals surface area contributed by atoms with Gasteiger partial charge in [-0.2, -0.15) is 0 Å². The summed E-state index contributed by atoms with van der Waals surface area (Å²) in [6, 6.07) is 0. The van der Waals surface area contributed by atoms with Gasteiger partial charge < -0.3 is 0 Å². The Labute approximate surface area is 128 Å². The molecule has 114 valence electrons. The zero-order valence-electron chi connectivity index (χ0n) is 13.2. The van der Waals surface area contributed by atoms with Gasteiger partial charge in [-0.25, -0.2) is 0 Å². The molecule has 0 rings (SSSR count). The molecule has 0 radical (unpaired) electrons. The van der Waals surface area contributed by atoms with Gasteiger partial charge in [-0.15, -0.1) is 0 Å². The predicted molar refractivity (Wildman–Crippen MR) is 84.0 cm³/mol. The monoisotopic (exact) mass is 378 g/mol. The van der Waals surface area contributed by atoms with Gasteiger partial charge in [-0.05, 0) is 0 Å². The molecule has 2 nitrogen and oxygen atoms in total. The molecule has 0 N–H and O–H groups in total. The molecule has 0 saturated carbocycles. The molecule has 0 fully saturated rings. The van der Waals surface area contributed by atoms with E-state index in [1.54, 1.807) is 0 Å². The fraction of sp³-hybridized carbons (Fsp3) is 1.00. The minimum absolute atomic E-state index is 0.750. The molecule has 3 heteroatoms. The summed E-state index contributed by atoms with van der Waals surface area (Å²) in [7, 11) is 0. The molecule has 0 unspecified atom stereocenters. The topological polar surface area (TPSA) is 26.3 Å². The third kappa shape index (κ3) is 16.5. The van der Waals surface area contributed by atoms with Crippen molar-refractivity contribution in [1.82, 2.24) is 0 Å². The van der Waals surface area contributed by atoms with E-state index >= 15 is 0 Å². The van der Waals surface area contributed by atoms with Gasteiger partial charge in [0.1, 0.15) is 0 Å². The molecule has 0 saturated heterocycles. The Balaban J connectivity index is 3.13. The Morgan fingerprint density at radius 2 is 1.16 bits per heavy atom. The Kier molecular flexibility index (Phi) is 17.1. The zero-order chi connectivity index (χ0) is 14.2. The molecule has 0 amide bonds. The van der Waals surface area contributed by atoms with Gasteiger partial charge in [0.15, 0.2) is 0 Å². The first-order valence-electron chi connectivity index (χ1n) is 8.46. The van der Waals surface area contributed by atoms with Crippen LogP contribution in [-0.4, -0.2) is 26.8 Å². The van der Waals surface area contributed by atoms with E-state index in [0.29, 0.717) is 0 Å². The molecular weight excluding hydrogens is 343 g/mol. The van der Waals surface area contributed by atoms with E-state index in [9.17, 15) is 3.08 Å². The first kappa shape index (κ1) is 19.6. The standard InChI is InChI=1S/C8H17O.C8H17.O.Sn/c1-2-3-4-5-6-7-8-9;1-3-5-7-8-6-4-2;;/h2-8H2,1H3;1,3-8H2,2H3;;/q-1;;;+1. The fourth-order valence-electron chi connectivity index (χ4n) is 2.19. The second kappa shape index (κ2) is 16.6. The SMILES string of the molecule is CCCCCCCC[O][Sn](=[O])[CH2]CCCCCCC. The second-order valence-electron chi connectivity index (χ2n) is 5.51. The van der Waals surface area contributed by atoms with Crippen LogP contribution in [0.2, 0.25) is 4.44 Å². The van der Waals surface area contributed by atoms with Crippen LogP contribution in [-0.2, 0) is 6.15 Å². The van der Waals surface area contributed by atoms with E-state index < -0.39 is 20.2 Å². The summed E-state index contributed by atoms with van der Waals surface area (Å²) in [5, 5.41) is 0. The molecule has 19 heavy (non-hydrogen) atoms. The molecule has 0 aromatic rings. The van der Waals surface area contributed by atoms with Crippen LogP contribution in [0.15, 0.2) is 0 Å². The van der Waals surface area contributed by atoms with Crippen LogP contribution in [0.4, 0.5) is 0 Å². The molecule has 0 atom stereocenters. The Morgan fingerprint density at radius 3 is 1.74 bits per heavy atom. The van der Waals surface area contributed by atoms with Gasteiger partial charge in [0.25, 0.3) is 0 Å². The summed E-state index contributed by atoms with van der Waals surface area (Å²) < 4.78 is 18.1. The maximum atomic E-state index is 11.7. The van der Waals surface area contributed by atoms with Gasteiger partial charge in [0.05, 0.1) is 0 Å². The fourth-order valence-corrected chi connectivity index (χ4v) is 5.20. The van der Waals surface area contributed by atoms with Gasteiger partial charge in [-0.3, -0.25) is 0 Å². The van der Waals surface area contributed by atoms with E-state index in [1.807, 2.05) is 0 Å². The van der Waals surface area contributed by atoms with Crippen LogP contribution in [0.5, 0.6) is 0 Å². The predicted octanol–water partition coefficient (Wildman–Crippen LogP) is 5.64. The van der Waals surface area contributed by atoms with Crippen LogP contribution in [0.3, 0.4) is 0 Å². The summed E-state index contributed by atoms with van der Waals surface area (Å²) in [4.78, 5) is 0. The average Bonchev–Trinajstić information content (AvgIpc) is 2.41. The molecule has 0 aromatic carbocycles. The van der Waals surface area contributed by atoms with Crippen molar-refractivity contribution in [3.63, 3.8) is 0 Å². The average molecular weight is 377 g/mol. The summed E-state index contributed by atoms with van der Waals surface area (Å²) in [5.41, 5.74) is 0. The maximum absolute atomic E-state index is 11.7. The Hall–Kier alpha value is 0.559. The van der Waals surface area contributed by atoms with Crippen molar-refractivity contribution in [2.75, 3.05) is 6.61 Å². The van der Waals surface area contributed by atoms with E-state index in [4.69, 9.17) is 3.07 Å². The molecule has 0 aliphatic rings. The Morgan fingerprint density at radius 1 is 0.684 bits per heavy atom. The van der Waals surface area contributed by atoms with Crippen molar-refractivity contribution in [2.24, 2.45) is 0 Å². The third-order valence-corrected chi connectivity index (χ3v) is 7.17. The van der Waals surface area contributed by atoms with Gasteiger partial charge in [0, 0.05) is 0 Å². The van der Waals surface area contributed by atoms with Crippen molar-refractivity contribution in [3.05, 3.63) is 0 Å². The van der Waals surface area contributed by atoms with Crippen molar-refractivity contribution in [1.29, 1.82) is 0 Å². The van der Waals surface area contributed by atoms with Crippen molar-refractivity contribution < 1.29 is 6.15 Å². The molecule has 0 heterocycles. The normalized spacial score (nSPS) is 10.8. The van der Waals surface area contributed by atoms with Gasteiger partial charge in [0.2, 0.25) is 0 Å². The van der Waals surface area contributed by atoms with E-state index in [-0.39, 0.29) is 0 Å². The van der Waals surface area contributed by atoms with Crippen LogP contribution in [0.25, 0.3) is 0 Å². The van der Waals surface area contributed by atoms with Crippen LogP contribution < -0.4 is 0 Å². The number of unbranched alkanes of at least 4 members (excludes halogenated alkanes) is 10. The van der Waals surface area contributed by atoms with E-state index in [0.717, 1.165) is 23.9 Å². The summed E-state index contributed by atoms with van der Waals surface area (Å²) in [6.07, 6.45) is 15.3. The van der Waals surface area contributed by atoms with Crippen LogP contribution in [0.1, 0.15) is 90.9 Å². The number of hydrogen-bond acceptors (Lipinski definition) is 2. The number of rotatable bonds is 15. The third-order valence-electron chi connectivity index (χ3n) is 3.50. The van der Waals surface area contributed by atoms with Crippen LogP contribution >= 0.6 is 0 Å². The number of hydrogen-bond donors (Lipinski definition) is 0. The van der Waals surface area contributed by atoms with Crippen LogP contribution in [0, 0.1) is 0 Å². The minimum atomic E-state index is -2.62. The molecule has 0 aromatic heterocycles. The summed E-state index contributed by atoms with van der Waals surface area (Å²) in [6.45, 7) is 5.22. The molecule has 0 aliphatic carbocycles. The molecule has 0 spiro atoms. The second-order valence-corrected chi connectivity index (χ2v) is 9.88. The quantitative estimate of drug-likeness (QED) is 0.273. The first-order chi connectivity index (χ1) is 9.31. The summed E-state index contributed by atoms with van der Waals surface area (Å²) >= 11 is -2.62. The van der Waals surface area contributed by atoms with E-state index in [1.165, 1.54) is 64.2 Å². The zero-order valence-corrected chi connectivity index (χ0v) is 16.1. The van der Waals surface area contributed by atoms with E-state index in [2.05, 4.69) is 13.8 Å². The Bertz CT molecular complexity index is 195. The van der Waals surface area contributed by atoms with Crippen molar-refractivity contribution in [3.8, 4) is 0 Å². The molecular formula is C16H34O2Sn. The molecule has 0 bridgehead atoms. The van der Waals surface area contributed by atoms with Gasteiger partial charge in [-0.1, -0.05) is 0 Å².